The number of benzene rings is 11. The smallest absolute Gasteiger partial charge is 0.197 e. The van der Waals surface area contributed by atoms with Crippen molar-refractivity contribution in [1.82, 2.24) is 0 Å². The maximum atomic E-state index is 2.72. The summed E-state index contributed by atoms with van der Waals surface area (Å²) < 4.78 is 5.30. The average Bonchev–Trinajstić information content (AvgIpc) is 0.662. The molecule has 2 heteroatoms. The zero-order chi connectivity index (χ0) is 57.3. The van der Waals surface area contributed by atoms with Crippen LogP contribution in [0, 0.1) is 5.92 Å². The standard InChI is InChI=1S/C84H66N2/c1-3-83-55-80(78-56-85-43-41-61-32-17-18-35-74(61)82(85)76-37-20-19-36-75(76)78)84(83,4-2)79-40-39-64(54-77(79)81-38-21-22-42-86(81)83)62-33-23-34-63(44-62)69-51-72(70-47-65(57-24-9-5-10-25-57)45-66(48-70)58-26-11-6-12-27-58)53-73(52-69)71-49-67(59-28-13-7-14-29-59)46-68(50-71)60-30-15-8-16-31-60/h5-54,78,80H,3-4,55-56H2,1-2H3/q+2. The molecule has 0 saturated heterocycles. The second-order valence-electron chi connectivity index (χ2n) is 24.3. The molecule has 0 amide bonds. The van der Waals surface area contributed by atoms with Crippen LogP contribution in [0.25, 0.3) is 122 Å². The minimum absolute atomic E-state index is 0.0472. The van der Waals surface area contributed by atoms with E-state index in [0.717, 1.165) is 25.8 Å². The van der Waals surface area contributed by atoms with Gasteiger partial charge in [0, 0.05) is 37.0 Å². The summed E-state index contributed by atoms with van der Waals surface area (Å²) in [7, 11) is 0. The molecule has 13 aromatic rings. The highest BCUT2D eigenvalue weighted by Gasteiger charge is 2.75. The minimum Gasteiger partial charge on any atom is -0.197 e. The van der Waals surface area contributed by atoms with Gasteiger partial charge in [0.05, 0.1) is 21.9 Å². The first-order chi connectivity index (χ1) is 42.5. The third-order valence-electron chi connectivity index (χ3n) is 20.1. The normalized spacial score (nSPS) is 18.0. The highest BCUT2D eigenvalue weighted by Crippen LogP contribution is 2.69. The van der Waals surface area contributed by atoms with Crippen molar-refractivity contribution in [3.05, 3.63) is 315 Å². The molecule has 4 atom stereocenters. The van der Waals surface area contributed by atoms with Crippen LogP contribution in [-0.2, 0) is 17.5 Å². The quantitative estimate of drug-likeness (QED) is 0.114. The second kappa shape index (κ2) is 20.9. The molecule has 4 unspecified atom stereocenters. The van der Waals surface area contributed by atoms with Gasteiger partial charge in [-0.05, 0) is 203 Å². The van der Waals surface area contributed by atoms with Crippen LogP contribution in [0.3, 0.4) is 0 Å². The molecule has 0 radical (unpaired) electrons. The van der Waals surface area contributed by atoms with E-state index in [0.29, 0.717) is 11.8 Å². The van der Waals surface area contributed by atoms with E-state index in [1.54, 1.807) is 0 Å². The van der Waals surface area contributed by atoms with E-state index in [2.05, 4.69) is 327 Å². The van der Waals surface area contributed by atoms with Gasteiger partial charge >= 0.3 is 0 Å². The molecule has 0 spiro atoms. The topological polar surface area (TPSA) is 7.76 Å². The first-order valence-electron chi connectivity index (χ1n) is 30.9. The highest BCUT2D eigenvalue weighted by molar-refractivity contribution is 5.94. The van der Waals surface area contributed by atoms with Gasteiger partial charge in [0.25, 0.3) is 0 Å². The van der Waals surface area contributed by atoms with E-state index in [4.69, 9.17) is 0 Å². The van der Waals surface area contributed by atoms with Gasteiger partial charge in [0.1, 0.15) is 0 Å². The number of pyridine rings is 2. The Bertz CT molecular complexity index is 4480. The molecular formula is C84H66N2+2. The van der Waals surface area contributed by atoms with Gasteiger partial charge in [-0.3, -0.25) is 0 Å². The minimum atomic E-state index is -0.0869. The van der Waals surface area contributed by atoms with Crippen molar-refractivity contribution in [2.45, 2.75) is 56.5 Å². The number of hydrogen-bond donors (Lipinski definition) is 0. The molecule has 86 heavy (non-hydrogen) atoms. The molecule has 2 aliphatic heterocycles. The maximum absolute atomic E-state index is 2.72. The monoisotopic (exact) mass is 1100 g/mol. The molecule has 1 aliphatic carbocycles. The van der Waals surface area contributed by atoms with Gasteiger partial charge in [0.15, 0.2) is 24.5 Å². The van der Waals surface area contributed by atoms with Crippen molar-refractivity contribution < 1.29 is 9.13 Å². The summed E-state index contributed by atoms with van der Waals surface area (Å²) in [5, 5.41) is 2.63. The lowest BCUT2D eigenvalue weighted by Gasteiger charge is -2.64. The molecule has 4 heterocycles. The van der Waals surface area contributed by atoms with E-state index < -0.39 is 0 Å². The lowest BCUT2D eigenvalue weighted by molar-refractivity contribution is -0.789. The molecule has 16 rings (SSSR count). The highest BCUT2D eigenvalue weighted by atomic mass is 15.1. The van der Waals surface area contributed by atoms with Crippen LogP contribution in [0.2, 0.25) is 0 Å². The largest absolute Gasteiger partial charge is 0.220 e. The van der Waals surface area contributed by atoms with E-state index in [1.165, 1.54) is 133 Å². The first kappa shape index (κ1) is 51.6. The van der Waals surface area contributed by atoms with E-state index in [9.17, 15) is 0 Å². The zero-order valence-electron chi connectivity index (χ0n) is 48.7. The molecule has 2 nitrogen and oxygen atoms in total. The summed E-state index contributed by atoms with van der Waals surface area (Å²) in [5.74, 6) is 0.794. The van der Waals surface area contributed by atoms with Crippen molar-refractivity contribution >= 4 is 10.8 Å². The van der Waals surface area contributed by atoms with E-state index in [-0.39, 0.29) is 11.0 Å². The molecule has 410 valence electrons. The molecular weight excluding hydrogens is 1040 g/mol. The first-order valence-corrected chi connectivity index (χ1v) is 30.9. The van der Waals surface area contributed by atoms with Gasteiger partial charge in [-0.2, -0.15) is 9.13 Å². The number of aromatic nitrogens is 2. The Labute approximate surface area is 505 Å². The summed E-state index contributed by atoms with van der Waals surface area (Å²) in [6, 6.07) is 109. The number of rotatable bonds is 11. The van der Waals surface area contributed by atoms with Crippen LogP contribution in [0.15, 0.2) is 304 Å². The fourth-order valence-electron chi connectivity index (χ4n) is 16.1. The fourth-order valence-corrected chi connectivity index (χ4v) is 16.1. The molecule has 0 N–H and O–H groups in total. The van der Waals surface area contributed by atoms with Crippen LogP contribution in [-0.4, -0.2) is 0 Å². The van der Waals surface area contributed by atoms with Gasteiger partial charge in [-0.25, -0.2) is 0 Å². The Morgan fingerprint density at radius 1 is 0.349 bits per heavy atom. The molecule has 0 bridgehead atoms. The number of hydrogen-bond acceptors (Lipinski definition) is 0. The van der Waals surface area contributed by atoms with E-state index in [1.807, 2.05) is 0 Å². The van der Waals surface area contributed by atoms with Gasteiger partial charge in [-0.15, -0.1) is 0 Å². The Hall–Kier alpha value is -10.0. The molecule has 2 aromatic heterocycles. The van der Waals surface area contributed by atoms with Crippen molar-refractivity contribution in [2.24, 2.45) is 5.92 Å². The fraction of sp³-hybridized carbons (Fsp3) is 0.119. The van der Waals surface area contributed by atoms with Crippen LogP contribution >= 0.6 is 0 Å². The average molecular weight is 1100 g/mol. The summed E-state index contributed by atoms with van der Waals surface area (Å²) in [5.41, 5.74) is 27.3. The lowest BCUT2D eigenvalue weighted by atomic mass is 9.39. The van der Waals surface area contributed by atoms with Crippen molar-refractivity contribution in [3.63, 3.8) is 0 Å². The lowest BCUT2D eigenvalue weighted by Crippen LogP contribution is -2.80. The van der Waals surface area contributed by atoms with Crippen LogP contribution in [0.5, 0.6) is 0 Å². The molecule has 11 aromatic carbocycles. The SMILES string of the molecule is CCC12c3ccc(-c4cccc(-c5cc(-c6cc(-c7ccccc7)cc(-c7ccccc7)c6)cc(-c6cc(-c7ccccc7)cc(-c7ccccc7)c6)c5)c4)cc3-c3cccc[n+]3C1(CC)CC2C1C[n+]2ccc3ccccc3c2-c2ccccc21. The zero-order valence-corrected chi connectivity index (χ0v) is 48.7. The van der Waals surface area contributed by atoms with Gasteiger partial charge in [0.2, 0.25) is 11.4 Å². The summed E-state index contributed by atoms with van der Waals surface area (Å²) in [6.07, 6.45) is 8.03. The second-order valence-corrected chi connectivity index (χ2v) is 24.3. The predicted molar refractivity (Wildman–Crippen MR) is 356 cm³/mol. The Balaban J connectivity index is 0.848. The van der Waals surface area contributed by atoms with Crippen LogP contribution < -0.4 is 9.13 Å². The molecule has 1 saturated carbocycles. The number of fused-ring (bicyclic) bond motifs is 11. The van der Waals surface area contributed by atoms with Gasteiger partial charge in [-0.1, -0.05) is 202 Å². The third kappa shape index (κ3) is 8.37. The Kier molecular flexibility index (Phi) is 12.6. The van der Waals surface area contributed by atoms with Crippen LogP contribution in [0.4, 0.5) is 0 Å². The summed E-state index contributed by atoms with van der Waals surface area (Å²) >= 11 is 0. The summed E-state index contributed by atoms with van der Waals surface area (Å²) in [6.45, 7) is 5.90. The Morgan fingerprint density at radius 3 is 1.34 bits per heavy atom. The molecule has 3 aliphatic rings. The van der Waals surface area contributed by atoms with E-state index >= 15 is 0 Å². The predicted octanol–water partition coefficient (Wildman–Crippen LogP) is 20.7. The van der Waals surface area contributed by atoms with Crippen molar-refractivity contribution in [1.29, 1.82) is 0 Å². The van der Waals surface area contributed by atoms with Gasteiger partial charge < -0.3 is 0 Å². The van der Waals surface area contributed by atoms with Crippen molar-refractivity contribution in [3.8, 4) is 112 Å². The summed E-state index contributed by atoms with van der Waals surface area (Å²) in [4.78, 5) is 0. The van der Waals surface area contributed by atoms with Crippen molar-refractivity contribution in [2.75, 3.05) is 0 Å². The third-order valence-corrected chi connectivity index (χ3v) is 20.1. The molecule has 1 fully saturated rings. The number of nitrogens with zero attached hydrogens (tertiary/aromatic N) is 2. The maximum Gasteiger partial charge on any atom is 0.220 e. The van der Waals surface area contributed by atoms with Crippen LogP contribution in [0.1, 0.15) is 50.2 Å². The Morgan fingerprint density at radius 2 is 0.791 bits per heavy atom.